The van der Waals surface area contributed by atoms with Crippen LogP contribution < -0.4 is 10.1 Å². The van der Waals surface area contributed by atoms with Gasteiger partial charge >= 0.3 is 0 Å². The number of anilines is 1. The molecule has 0 bridgehead atoms. The number of carbonyl (C=O) groups is 1. The zero-order valence-corrected chi connectivity index (χ0v) is 16.5. The molecule has 27 heavy (non-hydrogen) atoms. The van der Waals surface area contributed by atoms with Crippen molar-refractivity contribution in [1.82, 2.24) is 4.31 Å². The molecular formula is C20H24N2O4S. The quantitative estimate of drug-likeness (QED) is 0.851. The first-order chi connectivity index (χ1) is 12.8. The number of amides is 1. The molecule has 1 fully saturated rings. The fourth-order valence-corrected chi connectivity index (χ4v) is 5.43. The minimum Gasteiger partial charge on any atom is -0.497 e. The van der Waals surface area contributed by atoms with Crippen LogP contribution in [0.2, 0.25) is 0 Å². The highest BCUT2D eigenvalue weighted by Crippen LogP contribution is 2.38. The second kappa shape index (κ2) is 7.70. The largest absolute Gasteiger partial charge is 0.497 e. The van der Waals surface area contributed by atoms with E-state index in [1.807, 2.05) is 24.3 Å². The van der Waals surface area contributed by atoms with Crippen LogP contribution in [0, 0.1) is 6.92 Å². The Morgan fingerprint density at radius 3 is 2.70 bits per heavy atom. The van der Waals surface area contributed by atoms with Crippen molar-refractivity contribution < 1.29 is 17.9 Å². The molecule has 0 aromatic heterocycles. The van der Waals surface area contributed by atoms with Gasteiger partial charge in [0.15, 0.2) is 0 Å². The third kappa shape index (κ3) is 3.99. The molecule has 0 saturated carbocycles. The van der Waals surface area contributed by atoms with Gasteiger partial charge in [-0.25, -0.2) is 8.42 Å². The molecule has 0 radical (unpaired) electrons. The molecule has 1 N–H and O–H groups in total. The molecule has 1 atom stereocenters. The van der Waals surface area contributed by atoms with E-state index in [9.17, 15) is 13.2 Å². The topological polar surface area (TPSA) is 75.7 Å². The molecule has 7 heteroatoms. The monoisotopic (exact) mass is 388 g/mol. The van der Waals surface area contributed by atoms with Gasteiger partial charge in [-0.1, -0.05) is 18.2 Å². The first-order valence-corrected chi connectivity index (χ1v) is 10.3. The van der Waals surface area contributed by atoms with Gasteiger partial charge in [0.1, 0.15) is 5.75 Å². The Hall–Kier alpha value is -2.38. The summed E-state index contributed by atoms with van der Waals surface area (Å²) in [6.45, 7) is 3.63. The highest BCUT2D eigenvalue weighted by Gasteiger charge is 2.37. The summed E-state index contributed by atoms with van der Waals surface area (Å²) in [7, 11) is -2.11. The lowest BCUT2D eigenvalue weighted by Crippen LogP contribution is -2.31. The number of nitrogens with zero attached hydrogens (tertiary/aromatic N) is 1. The summed E-state index contributed by atoms with van der Waals surface area (Å²) >= 11 is 0. The lowest BCUT2D eigenvalue weighted by molar-refractivity contribution is -0.114. The summed E-state index contributed by atoms with van der Waals surface area (Å²) in [6, 6.07) is 12.3. The Bertz CT molecular complexity index is 956. The van der Waals surface area contributed by atoms with Crippen molar-refractivity contribution in [2.75, 3.05) is 19.0 Å². The van der Waals surface area contributed by atoms with Gasteiger partial charge in [0.25, 0.3) is 0 Å². The number of hydrogen-bond acceptors (Lipinski definition) is 4. The van der Waals surface area contributed by atoms with Crippen LogP contribution in [0.15, 0.2) is 47.4 Å². The van der Waals surface area contributed by atoms with Crippen molar-refractivity contribution >= 4 is 21.6 Å². The molecule has 1 unspecified atom stereocenters. The summed E-state index contributed by atoms with van der Waals surface area (Å²) in [5.41, 5.74) is 2.05. The fourth-order valence-electron chi connectivity index (χ4n) is 3.50. The molecule has 3 rings (SSSR count). The number of hydrogen-bond donors (Lipinski definition) is 1. The normalized spacial score (nSPS) is 17.7. The van der Waals surface area contributed by atoms with Crippen LogP contribution in [-0.2, 0) is 14.8 Å². The first-order valence-electron chi connectivity index (χ1n) is 8.87. The molecule has 1 aliphatic heterocycles. The van der Waals surface area contributed by atoms with E-state index in [0.29, 0.717) is 23.5 Å². The number of methoxy groups -OCH3 is 1. The van der Waals surface area contributed by atoms with Crippen molar-refractivity contribution in [2.45, 2.75) is 37.6 Å². The lowest BCUT2D eigenvalue weighted by atomic mass is 10.1. The van der Waals surface area contributed by atoms with Crippen LogP contribution in [0.25, 0.3) is 0 Å². The lowest BCUT2D eigenvalue weighted by Gasteiger charge is -2.25. The number of rotatable bonds is 5. The maximum Gasteiger partial charge on any atom is 0.243 e. The Balaban J connectivity index is 1.99. The summed E-state index contributed by atoms with van der Waals surface area (Å²) in [5.74, 6) is 0.471. The third-order valence-electron chi connectivity index (χ3n) is 4.78. The summed E-state index contributed by atoms with van der Waals surface area (Å²) in [5, 5.41) is 2.65. The predicted octanol–water partition coefficient (Wildman–Crippen LogP) is 3.49. The molecule has 1 aliphatic rings. The number of nitrogens with one attached hydrogen (secondary N) is 1. The number of sulfonamides is 1. The first kappa shape index (κ1) is 19.4. The fraction of sp³-hybridized carbons (Fsp3) is 0.350. The van der Waals surface area contributed by atoms with E-state index in [2.05, 4.69) is 5.32 Å². The maximum atomic E-state index is 13.4. The summed E-state index contributed by atoms with van der Waals surface area (Å²) in [6.07, 6.45) is 1.56. The highest BCUT2D eigenvalue weighted by atomic mass is 32.2. The molecule has 0 aliphatic carbocycles. The van der Waals surface area contributed by atoms with Crippen molar-refractivity contribution in [3.05, 3.63) is 53.6 Å². The number of carbonyl (C=O) groups excluding carboxylic acids is 1. The minimum absolute atomic E-state index is 0.226. The van der Waals surface area contributed by atoms with E-state index in [4.69, 9.17) is 4.74 Å². The second-order valence-corrected chi connectivity index (χ2v) is 8.57. The minimum atomic E-state index is -3.70. The van der Waals surface area contributed by atoms with Crippen LogP contribution in [0.4, 0.5) is 5.69 Å². The van der Waals surface area contributed by atoms with Crippen LogP contribution in [0.3, 0.4) is 0 Å². The Morgan fingerprint density at radius 1 is 1.22 bits per heavy atom. The average molecular weight is 388 g/mol. The van der Waals surface area contributed by atoms with E-state index in [0.717, 1.165) is 18.4 Å². The summed E-state index contributed by atoms with van der Waals surface area (Å²) in [4.78, 5) is 11.6. The summed E-state index contributed by atoms with van der Waals surface area (Å²) < 4.78 is 33.7. The Morgan fingerprint density at radius 2 is 2.00 bits per heavy atom. The van der Waals surface area contributed by atoms with Gasteiger partial charge in [-0.2, -0.15) is 4.31 Å². The molecule has 2 aromatic rings. The molecule has 6 nitrogen and oxygen atoms in total. The van der Waals surface area contributed by atoms with Crippen LogP contribution in [-0.4, -0.2) is 32.3 Å². The van der Waals surface area contributed by atoms with Crippen LogP contribution in [0.5, 0.6) is 5.75 Å². The van der Waals surface area contributed by atoms with Gasteiger partial charge in [-0.3, -0.25) is 4.79 Å². The molecule has 2 aromatic carbocycles. The SMILES string of the molecule is COc1cccc(C2CCCN2S(=O)(=O)c2cc(NC(C)=O)ccc2C)c1. The van der Waals surface area contributed by atoms with Crippen molar-refractivity contribution in [3.8, 4) is 5.75 Å². The zero-order chi connectivity index (χ0) is 19.6. The van der Waals surface area contributed by atoms with Gasteiger partial charge in [-0.05, 0) is 55.2 Å². The predicted molar refractivity (Wildman–Crippen MR) is 104 cm³/mol. The molecule has 1 amide bonds. The maximum absolute atomic E-state index is 13.4. The molecule has 1 saturated heterocycles. The standard InChI is InChI=1S/C20H24N2O4S/c1-14-9-10-17(21-15(2)23)13-20(14)27(24,25)22-11-5-8-19(22)16-6-4-7-18(12-16)26-3/h4,6-7,9-10,12-13,19H,5,8,11H2,1-3H3,(H,21,23). The van der Waals surface area contributed by atoms with Gasteiger partial charge in [-0.15, -0.1) is 0 Å². The average Bonchev–Trinajstić information content (AvgIpc) is 3.13. The van der Waals surface area contributed by atoms with Crippen molar-refractivity contribution in [1.29, 1.82) is 0 Å². The Labute approximate surface area is 160 Å². The molecular weight excluding hydrogens is 364 g/mol. The van der Waals surface area contributed by atoms with E-state index >= 15 is 0 Å². The smallest absolute Gasteiger partial charge is 0.243 e. The Kier molecular flexibility index (Phi) is 5.53. The third-order valence-corrected chi connectivity index (χ3v) is 6.83. The van der Waals surface area contributed by atoms with Crippen LogP contribution >= 0.6 is 0 Å². The van der Waals surface area contributed by atoms with Crippen molar-refractivity contribution in [2.24, 2.45) is 0 Å². The van der Waals surface area contributed by atoms with E-state index in [1.54, 1.807) is 30.5 Å². The van der Waals surface area contributed by atoms with E-state index in [1.165, 1.54) is 13.0 Å². The molecule has 1 heterocycles. The van der Waals surface area contributed by atoms with Gasteiger partial charge in [0, 0.05) is 19.2 Å². The number of benzene rings is 2. The van der Waals surface area contributed by atoms with Crippen LogP contribution in [0.1, 0.15) is 36.9 Å². The number of aryl methyl sites for hydroxylation is 1. The van der Waals surface area contributed by atoms with Crippen molar-refractivity contribution in [3.63, 3.8) is 0 Å². The zero-order valence-electron chi connectivity index (χ0n) is 15.7. The molecule has 144 valence electrons. The number of ether oxygens (including phenoxy) is 1. The second-order valence-electron chi connectivity index (χ2n) is 6.71. The highest BCUT2D eigenvalue weighted by molar-refractivity contribution is 7.89. The van der Waals surface area contributed by atoms with Gasteiger partial charge in [0.05, 0.1) is 18.0 Å². The van der Waals surface area contributed by atoms with Gasteiger partial charge in [0.2, 0.25) is 15.9 Å². The molecule has 0 spiro atoms. The van der Waals surface area contributed by atoms with E-state index < -0.39 is 10.0 Å². The van der Waals surface area contributed by atoms with E-state index in [-0.39, 0.29) is 16.8 Å². The van der Waals surface area contributed by atoms with Gasteiger partial charge < -0.3 is 10.1 Å².